The number of likely N-dealkylation sites (tertiary alicyclic amines) is 1. The topological polar surface area (TPSA) is 80.8 Å². The summed E-state index contributed by atoms with van der Waals surface area (Å²) in [5, 5.41) is 3.07. The summed E-state index contributed by atoms with van der Waals surface area (Å²) in [4.78, 5) is 31.2. The first-order chi connectivity index (χ1) is 15.6. The molecule has 2 aromatic rings. The number of nitrogens with zero attached hydrogens (tertiary/aromatic N) is 2. The van der Waals surface area contributed by atoms with Gasteiger partial charge in [0.25, 0.3) is 5.91 Å². The number of carbonyl (C=O) groups excluding carboxylic acids is 2. The van der Waals surface area contributed by atoms with Gasteiger partial charge in [0.2, 0.25) is 5.88 Å². The van der Waals surface area contributed by atoms with Gasteiger partial charge >= 0.3 is 6.09 Å². The fraction of sp³-hybridized carbons (Fsp3) is 0.480. The van der Waals surface area contributed by atoms with Crippen molar-refractivity contribution in [2.75, 3.05) is 20.2 Å². The first kappa shape index (κ1) is 24.5. The van der Waals surface area contributed by atoms with E-state index in [4.69, 9.17) is 9.47 Å². The molecule has 0 radical (unpaired) electrons. The van der Waals surface area contributed by atoms with E-state index in [-0.39, 0.29) is 23.9 Å². The van der Waals surface area contributed by atoms with E-state index in [0.29, 0.717) is 36.9 Å². The summed E-state index contributed by atoms with van der Waals surface area (Å²) in [6.07, 6.45) is 3.73. The van der Waals surface area contributed by atoms with E-state index in [2.05, 4.69) is 10.3 Å². The standard InChI is InChI=1S/C25H32FN3O4/c1-25(2,3)33-24(31)29-13-11-17(12-14-29)15-21(19-7-10-22(32-4)27-16-19)28-23(30)18-5-8-20(26)9-6-18/h5-10,16-17,21H,11-15H2,1-4H3,(H,28,30)/t21-/m0/s1. The fourth-order valence-corrected chi connectivity index (χ4v) is 3.85. The Kier molecular flexibility index (Phi) is 7.89. The van der Waals surface area contributed by atoms with E-state index in [9.17, 15) is 14.0 Å². The summed E-state index contributed by atoms with van der Waals surface area (Å²) in [7, 11) is 1.55. The van der Waals surface area contributed by atoms with Gasteiger partial charge in [0.1, 0.15) is 11.4 Å². The molecule has 0 spiro atoms. The Labute approximate surface area is 194 Å². The summed E-state index contributed by atoms with van der Waals surface area (Å²) >= 11 is 0. The van der Waals surface area contributed by atoms with Crippen LogP contribution in [-0.2, 0) is 4.74 Å². The van der Waals surface area contributed by atoms with Crippen LogP contribution in [0.2, 0.25) is 0 Å². The van der Waals surface area contributed by atoms with Crippen molar-refractivity contribution in [2.45, 2.75) is 51.7 Å². The Bertz CT molecular complexity index is 934. The van der Waals surface area contributed by atoms with E-state index in [1.807, 2.05) is 26.8 Å². The average molecular weight is 458 g/mol. The molecule has 1 fully saturated rings. The maximum Gasteiger partial charge on any atom is 0.410 e. The van der Waals surface area contributed by atoms with Crippen LogP contribution in [0.15, 0.2) is 42.6 Å². The summed E-state index contributed by atoms with van der Waals surface area (Å²) in [6, 6.07) is 8.84. The highest BCUT2D eigenvalue weighted by Gasteiger charge is 2.29. The molecule has 1 aliphatic rings. The second-order valence-electron chi connectivity index (χ2n) is 9.31. The molecule has 0 saturated carbocycles. The minimum atomic E-state index is -0.523. The number of nitrogens with one attached hydrogen (secondary N) is 1. The van der Waals surface area contributed by atoms with Crippen LogP contribution < -0.4 is 10.1 Å². The Hall–Kier alpha value is -3.16. The third-order valence-electron chi connectivity index (χ3n) is 5.62. The SMILES string of the molecule is COc1ccc([C@H](CC2CCN(C(=O)OC(C)(C)C)CC2)NC(=O)c2ccc(F)cc2)cn1. The highest BCUT2D eigenvalue weighted by atomic mass is 19.1. The largest absolute Gasteiger partial charge is 0.481 e. The minimum absolute atomic E-state index is 0.276. The van der Waals surface area contributed by atoms with Crippen molar-refractivity contribution in [1.82, 2.24) is 15.2 Å². The molecule has 1 aliphatic heterocycles. The molecule has 2 amide bonds. The zero-order valence-electron chi connectivity index (χ0n) is 19.6. The van der Waals surface area contributed by atoms with Gasteiger partial charge in [0.05, 0.1) is 13.2 Å². The highest BCUT2D eigenvalue weighted by molar-refractivity contribution is 5.94. The third kappa shape index (κ3) is 7.17. The molecule has 1 aromatic heterocycles. The lowest BCUT2D eigenvalue weighted by Crippen LogP contribution is -2.42. The van der Waals surface area contributed by atoms with Crippen molar-refractivity contribution >= 4 is 12.0 Å². The molecule has 8 heteroatoms. The number of pyridine rings is 1. The van der Waals surface area contributed by atoms with Gasteiger partial charge in [-0.3, -0.25) is 4.79 Å². The first-order valence-corrected chi connectivity index (χ1v) is 11.2. The van der Waals surface area contributed by atoms with Gasteiger partial charge in [-0.2, -0.15) is 0 Å². The number of carbonyl (C=O) groups is 2. The molecule has 178 valence electrons. The third-order valence-corrected chi connectivity index (χ3v) is 5.62. The van der Waals surface area contributed by atoms with Crippen LogP contribution in [0.3, 0.4) is 0 Å². The van der Waals surface area contributed by atoms with Gasteiger partial charge in [-0.25, -0.2) is 14.2 Å². The predicted octanol–water partition coefficient (Wildman–Crippen LogP) is 4.74. The van der Waals surface area contributed by atoms with Crippen LogP contribution in [-0.4, -0.2) is 47.7 Å². The predicted molar refractivity (Wildman–Crippen MR) is 123 cm³/mol. The van der Waals surface area contributed by atoms with E-state index in [1.54, 1.807) is 24.3 Å². The molecule has 0 bridgehead atoms. The van der Waals surface area contributed by atoms with Crippen LogP contribution in [0.1, 0.15) is 62.0 Å². The Morgan fingerprint density at radius 1 is 1.15 bits per heavy atom. The zero-order valence-corrected chi connectivity index (χ0v) is 19.6. The smallest absolute Gasteiger partial charge is 0.410 e. The van der Waals surface area contributed by atoms with Crippen LogP contribution in [0.25, 0.3) is 0 Å². The molecule has 7 nitrogen and oxygen atoms in total. The first-order valence-electron chi connectivity index (χ1n) is 11.2. The number of methoxy groups -OCH3 is 1. The van der Waals surface area contributed by atoms with Crippen LogP contribution in [0.4, 0.5) is 9.18 Å². The molecule has 2 heterocycles. The lowest BCUT2D eigenvalue weighted by atomic mass is 9.88. The molecular weight excluding hydrogens is 425 g/mol. The number of benzene rings is 1. The van der Waals surface area contributed by atoms with Gasteiger partial charge < -0.3 is 19.7 Å². The number of aromatic nitrogens is 1. The number of amides is 2. The number of piperidine rings is 1. The molecule has 3 rings (SSSR count). The van der Waals surface area contributed by atoms with Crippen molar-refractivity contribution in [3.63, 3.8) is 0 Å². The van der Waals surface area contributed by atoms with Gasteiger partial charge in [-0.05, 0) is 75.8 Å². The second kappa shape index (κ2) is 10.6. The van der Waals surface area contributed by atoms with E-state index in [1.165, 1.54) is 24.3 Å². The second-order valence-corrected chi connectivity index (χ2v) is 9.31. The molecule has 1 saturated heterocycles. The maximum atomic E-state index is 13.2. The van der Waals surface area contributed by atoms with Crippen molar-refractivity contribution in [3.05, 3.63) is 59.5 Å². The average Bonchev–Trinajstić information content (AvgIpc) is 2.78. The summed E-state index contributed by atoms with van der Waals surface area (Å²) < 4.78 is 23.9. The van der Waals surface area contributed by atoms with Gasteiger partial charge in [0, 0.05) is 30.9 Å². The van der Waals surface area contributed by atoms with Gasteiger partial charge in [-0.15, -0.1) is 0 Å². The number of ether oxygens (including phenoxy) is 2. The Morgan fingerprint density at radius 3 is 2.36 bits per heavy atom. The van der Waals surface area contributed by atoms with Crippen molar-refractivity contribution in [2.24, 2.45) is 5.92 Å². The summed E-state index contributed by atoms with van der Waals surface area (Å²) in [5.41, 5.74) is 0.730. The molecule has 1 atom stereocenters. The van der Waals surface area contributed by atoms with Gasteiger partial charge in [-0.1, -0.05) is 6.07 Å². The lowest BCUT2D eigenvalue weighted by Gasteiger charge is -2.35. The quantitative estimate of drug-likeness (QED) is 0.678. The number of hydrogen-bond acceptors (Lipinski definition) is 5. The van der Waals surface area contributed by atoms with Crippen LogP contribution in [0, 0.1) is 11.7 Å². The van der Waals surface area contributed by atoms with E-state index >= 15 is 0 Å². The zero-order chi connectivity index (χ0) is 24.0. The van der Waals surface area contributed by atoms with Crippen molar-refractivity contribution in [1.29, 1.82) is 0 Å². The maximum absolute atomic E-state index is 13.2. The monoisotopic (exact) mass is 457 g/mol. The number of hydrogen-bond donors (Lipinski definition) is 1. The van der Waals surface area contributed by atoms with Crippen LogP contribution >= 0.6 is 0 Å². The number of rotatable bonds is 6. The van der Waals surface area contributed by atoms with Crippen LogP contribution in [0.5, 0.6) is 5.88 Å². The fourth-order valence-electron chi connectivity index (χ4n) is 3.85. The van der Waals surface area contributed by atoms with Crippen molar-refractivity contribution in [3.8, 4) is 5.88 Å². The molecule has 1 N–H and O–H groups in total. The van der Waals surface area contributed by atoms with Crippen molar-refractivity contribution < 1.29 is 23.5 Å². The normalized spacial score (nSPS) is 15.6. The Morgan fingerprint density at radius 2 is 1.82 bits per heavy atom. The minimum Gasteiger partial charge on any atom is -0.481 e. The highest BCUT2D eigenvalue weighted by Crippen LogP contribution is 2.30. The van der Waals surface area contributed by atoms with Gasteiger partial charge in [0.15, 0.2) is 0 Å². The van der Waals surface area contributed by atoms with E-state index < -0.39 is 5.60 Å². The molecular formula is C25H32FN3O4. The molecule has 0 unspecified atom stereocenters. The number of halogens is 1. The molecule has 1 aromatic carbocycles. The lowest BCUT2D eigenvalue weighted by molar-refractivity contribution is 0.0178. The van der Waals surface area contributed by atoms with E-state index in [0.717, 1.165) is 18.4 Å². The Balaban J connectivity index is 1.67. The summed E-state index contributed by atoms with van der Waals surface area (Å²) in [6.45, 7) is 6.79. The summed E-state index contributed by atoms with van der Waals surface area (Å²) in [5.74, 6) is 0.138. The molecule has 0 aliphatic carbocycles. The molecule has 33 heavy (non-hydrogen) atoms.